The highest BCUT2D eigenvalue weighted by Gasteiger charge is 2.18. The summed E-state index contributed by atoms with van der Waals surface area (Å²) < 4.78 is 0. The molecule has 0 fully saturated rings. The van der Waals surface area contributed by atoms with Crippen molar-refractivity contribution in [3.05, 3.63) is 65.1 Å². The van der Waals surface area contributed by atoms with E-state index in [1.54, 1.807) is 6.20 Å². The van der Waals surface area contributed by atoms with Gasteiger partial charge in [0, 0.05) is 17.1 Å². The quantitative estimate of drug-likeness (QED) is 0.800. The minimum atomic E-state index is -0.720. The van der Waals surface area contributed by atoms with Crippen molar-refractivity contribution in [3.63, 3.8) is 0 Å². The van der Waals surface area contributed by atoms with Gasteiger partial charge in [-0.3, -0.25) is 4.98 Å². The second-order valence-corrected chi connectivity index (χ2v) is 5.06. The number of aliphatic hydroxyl groups excluding tert-OH is 1. The summed E-state index contributed by atoms with van der Waals surface area (Å²) in [6.07, 6.45) is 1.78. The monoisotopic (exact) mass is 279 g/mol. The molecule has 1 aromatic carbocycles. The highest BCUT2D eigenvalue weighted by molar-refractivity contribution is 5.82. The first-order valence-electron chi connectivity index (χ1n) is 7.05. The van der Waals surface area contributed by atoms with Gasteiger partial charge in [0.1, 0.15) is 6.10 Å². The summed E-state index contributed by atoms with van der Waals surface area (Å²) in [5.41, 5.74) is 4.18. The van der Waals surface area contributed by atoms with Crippen molar-refractivity contribution in [2.24, 2.45) is 0 Å². The van der Waals surface area contributed by atoms with Gasteiger partial charge in [-0.2, -0.15) is 10.2 Å². The fourth-order valence-corrected chi connectivity index (χ4v) is 2.58. The smallest absolute Gasteiger partial charge is 0.107 e. The molecule has 0 radical (unpaired) electrons. The summed E-state index contributed by atoms with van der Waals surface area (Å²) in [5, 5.41) is 20.1. The van der Waals surface area contributed by atoms with E-state index in [2.05, 4.69) is 15.2 Å². The Morgan fingerprint density at radius 3 is 2.76 bits per heavy atom. The van der Waals surface area contributed by atoms with E-state index in [0.717, 1.165) is 39.8 Å². The molecule has 1 unspecified atom stereocenters. The van der Waals surface area contributed by atoms with Gasteiger partial charge in [0.15, 0.2) is 0 Å². The molecule has 0 aliphatic rings. The molecule has 4 nitrogen and oxygen atoms in total. The molecule has 1 N–H and O–H groups in total. The first-order valence-corrected chi connectivity index (χ1v) is 7.05. The van der Waals surface area contributed by atoms with Gasteiger partial charge in [0.25, 0.3) is 0 Å². The van der Waals surface area contributed by atoms with Crippen LogP contribution < -0.4 is 0 Å². The van der Waals surface area contributed by atoms with Crippen molar-refractivity contribution in [2.45, 2.75) is 26.4 Å². The minimum absolute atomic E-state index is 0.720. The summed E-state index contributed by atoms with van der Waals surface area (Å²) in [5.74, 6) is 0. The van der Waals surface area contributed by atoms with Gasteiger partial charge >= 0.3 is 0 Å². The zero-order valence-corrected chi connectivity index (χ0v) is 12.1. The molecule has 1 atom stereocenters. The van der Waals surface area contributed by atoms with E-state index in [-0.39, 0.29) is 0 Å². The highest BCUT2D eigenvalue weighted by atomic mass is 16.3. The standard InChI is InChI=1S/C17H17N3O/c1-3-15-14(10-11(2)19-20-15)17(21)13-6-4-8-16-12(13)7-5-9-18-16/h4-10,17,21H,3H2,1-2H3. The lowest BCUT2D eigenvalue weighted by molar-refractivity contribution is 0.219. The van der Waals surface area contributed by atoms with Crippen LogP contribution in [0.4, 0.5) is 0 Å². The van der Waals surface area contributed by atoms with Crippen LogP contribution in [0.1, 0.15) is 35.5 Å². The number of fused-ring (bicyclic) bond motifs is 1. The number of aromatic nitrogens is 3. The summed E-state index contributed by atoms with van der Waals surface area (Å²) in [4.78, 5) is 4.34. The lowest BCUT2D eigenvalue weighted by atomic mass is 9.96. The van der Waals surface area contributed by atoms with Crippen LogP contribution in [-0.4, -0.2) is 20.3 Å². The van der Waals surface area contributed by atoms with E-state index in [9.17, 15) is 5.11 Å². The van der Waals surface area contributed by atoms with Crippen molar-refractivity contribution in [3.8, 4) is 0 Å². The summed E-state index contributed by atoms with van der Waals surface area (Å²) in [6.45, 7) is 3.90. The Hall–Kier alpha value is -2.33. The molecule has 106 valence electrons. The molecular formula is C17H17N3O. The number of aliphatic hydroxyl groups is 1. The minimum Gasteiger partial charge on any atom is -0.384 e. The highest BCUT2D eigenvalue weighted by Crippen LogP contribution is 2.29. The number of hydrogen-bond acceptors (Lipinski definition) is 4. The summed E-state index contributed by atoms with van der Waals surface area (Å²) in [7, 11) is 0. The van der Waals surface area contributed by atoms with Crippen LogP contribution >= 0.6 is 0 Å². The maximum atomic E-state index is 10.8. The topological polar surface area (TPSA) is 58.9 Å². The van der Waals surface area contributed by atoms with Gasteiger partial charge in [-0.15, -0.1) is 0 Å². The third-order valence-electron chi connectivity index (χ3n) is 3.63. The van der Waals surface area contributed by atoms with Crippen LogP contribution in [0.3, 0.4) is 0 Å². The molecule has 21 heavy (non-hydrogen) atoms. The third kappa shape index (κ3) is 2.50. The summed E-state index contributed by atoms with van der Waals surface area (Å²) >= 11 is 0. The third-order valence-corrected chi connectivity index (χ3v) is 3.63. The Labute approximate surface area is 123 Å². The van der Waals surface area contributed by atoms with Gasteiger partial charge in [-0.05, 0) is 37.1 Å². The molecule has 0 bridgehead atoms. The van der Waals surface area contributed by atoms with Gasteiger partial charge in [0.05, 0.1) is 16.9 Å². The normalized spacial score (nSPS) is 12.5. The average Bonchev–Trinajstić information content (AvgIpc) is 2.53. The van der Waals surface area contributed by atoms with E-state index in [4.69, 9.17) is 0 Å². The number of rotatable bonds is 3. The molecule has 0 aliphatic heterocycles. The Morgan fingerprint density at radius 1 is 1.10 bits per heavy atom. The van der Waals surface area contributed by atoms with Crippen LogP contribution in [0.15, 0.2) is 42.6 Å². The van der Waals surface area contributed by atoms with E-state index in [1.807, 2.05) is 50.2 Å². The Kier molecular flexibility index (Phi) is 3.62. The fourth-order valence-electron chi connectivity index (χ4n) is 2.58. The fraction of sp³-hybridized carbons (Fsp3) is 0.235. The largest absolute Gasteiger partial charge is 0.384 e. The number of benzene rings is 1. The van der Waals surface area contributed by atoms with Crippen molar-refractivity contribution in [2.75, 3.05) is 0 Å². The lowest BCUT2D eigenvalue weighted by Crippen LogP contribution is -2.08. The SMILES string of the molecule is CCc1nnc(C)cc1C(O)c1cccc2ncccc12. The van der Waals surface area contributed by atoms with Crippen molar-refractivity contribution in [1.82, 2.24) is 15.2 Å². The molecule has 0 saturated heterocycles. The van der Waals surface area contributed by atoms with Crippen molar-refractivity contribution < 1.29 is 5.11 Å². The van der Waals surface area contributed by atoms with Crippen LogP contribution in [0.25, 0.3) is 10.9 Å². The lowest BCUT2D eigenvalue weighted by Gasteiger charge is -2.16. The molecule has 2 aromatic heterocycles. The molecule has 0 saturated carbocycles. The first-order chi connectivity index (χ1) is 10.2. The zero-order chi connectivity index (χ0) is 14.8. The molecule has 3 rings (SSSR count). The number of pyridine rings is 1. The predicted molar refractivity (Wildman–Crippen MR) is 82.0 cm³/mol. The number of hydrogen-bond donors (Lipinski definition) is 1. The van der Waals surface area contributed by atoms with Crippen LogP contribution in [0.2, 0.25) is 0 Å². The van der Waals surface area contributed by atoms with Crippen LogP contribution in [-0.2, 0) is 6.42 Å². The van der Waals surface area contributed by atoms with Crippen LogP contribution in [0.5, 0.6) is 0 Å². The zero-order valence-electron chi connectivity index (χ0n) is 12.1. The number of aryl methyl sites for hydroxylation is 2. The van der Waals surface area contributed by atoms with Gasteiger partial charge < -0.3 is 5.11 Å². The molecule has 3 aromatic rings. The molecule has 0 aliphatic carbocycles. The Balaban J connectivity index is 2.17. The van der Waals surface area contributed by atoms with Crippen molar-refractivity contribution >= 4 is 10.9 Å². The second-order valence-electron chi connectivity index (χ2n) is 5.06. The van der Waals surface area contributed by atoms with Gasteiger partial charge in [-0.25, -0.2) is 0 Å². The first kappa shape index (κ1) is 13.6. The van der Waals surface area contributed by atoms with Crippen molar-refractivity contribution in [1.29, 1.82) is 0 Å². The van der Waals surface area contributed by atoms with Gasteiger partial charge in [-0.1, -0.05) is 25.1 Å². The van der Waals surface area contributed by atoms with E-state index >= 15 is 0 Å². The molecule has 0 amide bonds. The molecule has 0 spiro atoms. The van der Waals surface area contributed by atoms with Gasteiger partial charge in [0.2, 0.25) is 0 Å². The van der Waals surface area contributed by atoms with Crippen LogP contribution in [0, 0.1) is 6.92 Å². The Morgan fingerprint density at radius 2 is 1.95 bits per heavy atom. The second kappa shape index (κ2) is 5.58. The van der Waals surface area contributed by atoms with E-state index < -0.39 is 6.10 Å². The molecular weight excluding hydrogens is 262 g/mol. The summed E-state index contributed by atoms with van der Waals surface area (Å²) in [6, 6.07) is 11.6. The molecule has 2 heterocycles. The molecule has 4 heteroatoms. The Bertz CT molecular complexity index is 781. The van der Waals surface area contributed by atoms with E-state index in [0.29, 0.717) is 0 Å². The maximum absolute atomic E-state index is 10.8. The average molecular weight is 279 g/mol. The van der Waals surface area contributed by atoms with E-state index in [1.165, 1.54) is 0 Å². The predicted octanol–water partition coefficient (Wildman–Crippen LogP) is 2.98. The number of nitrogens with zero attached hydrogens (tertiary/aromatic N) is 3. The maximum Gasteiger partial charge on any atom is 0.107 e.